The Morgan fingerprint density at radius 2 is 2.31 bits per heavy atom. The molecule has 0 aliphatic carbocycles. The Labute approximate surface area is 96.1 Å². The lowest BCUT2D eigenvalue weighted by molar-refractivity contribution is 0.0441. The van der Waals surface area contributed by atoms with Crippen LogP contribution in [0.3, 0.4) is 0 Å². The molecule has 0 radical (unpaired) electrons. The van der Waals surface area contributed by atoms with Crippen LogP contribution in [0.4, 0.5) is 0 Å². The van der Waals surface area contributed by atoms with E-state index >= 15 is 0 Å². The summed E-state index contributed by atoms with van der Waals surface area (Å²) in [5.74, 6) is 0.698. The van der Waals surface area contributed by atoms with Crippen LogP contribution in [0, 0.1) is 13.8 Å². The van der Waals surface area contributed by atoms with E-state index in [4.69, 9.17) is 9.15 Å². The molecule has 0 saturated heterocycles. The van der Waals surface area contributed by atoms with Crippen molar-refractivity contribution in [3.63, 3.8) is 0 Å². The van der Waals surface area contributed by atoms with Crippen LogP contribution in [0.2, 0.25) is 0 Å². The molecule has 6 heteroatoms. The van der Waals surface area contributed by atoms with E-state index in [2.05, 4.69) is 9.97 Å². The summed E-state index contributed by atoms with van der Waals surface area (Å²) in [4.78, 5) is 20.0. The molecule has 0 amide bonds. The van der Waals surface area contributed by atoms with Crippen molar-refractivity contribution in [1.82, 2.24) is 9.97 Å². The highest BCUT2D eigenvalue weighted by Crippen LogP contribution is 2.14. The fourth-order valence-corrected chi connectivity index (χ4v) is 1.85. The van der Waals surface area contributed by atoms with Gasteiger partial charge < -0.3 is 9.15 Å². The minimum absolute atomic E-state index is 0.0456. The van der Waals surface area contributed by atoms with Gasteiger partial charge in [-0.1, -0.05) is 0 Å². The van der Waals surface area contributed by atoms with Gasteiger partial charge in [-0.25, -0.2) is 14.8 Å². The molecule has 0 fully saturated rings. The number of esters is 1. The molecule has 2 rings (SSSR count). The Hall–Kier alpha value is -1.69. The maximum atomic E-state index is 11.6. The van der Waals surface area contributed by atoms with Crippen molar-refractivity contribution in [3.05, 3.63) is 33.9 Å². The largest absolute Gasteiger partial charge is 0.451 e. The molecule has 0 aliphatic heterocycles. The van der Waals surface area contributed by atoms with Crippen LogP contribution in [0.25, 0.3) is 0 Å². The minimum atomic E-state index is -0.393. The third-order valence-electron chi connectivity index (χ3n) is 1.93. The predicted octanol–water partition coefficient (Wildman–Crippen LogP) is 2.10. The number of oxazole rings is 1. The second-order valence-electron chi connectivity index (χ2n) is 3.21. The number of thiazole rings is 1. The van der Waals surface area contributed by atoms with Gasteiger partial charge >= 0.3 is 5.97 Å². The number of nitrogens with zero attached hydrogens (tertiary/aromatic N) is 2. The quantitative estimate of drug-likeness (QED) is 0.766. The lowest BCUT2D eigenvalue weighted by Crippen LogP contribution is -2.05. The molecule has 0 atom stereocenters. The van der Waals surface area contributed by atoms with Gasteiger partial charge in [0.25, 0.3) is 0 Å². The Balaban J connectivity index is 1.96. The number of aryl methyl sites for hydroxylation is 2. The van der Waals surface area contributed by atoms with Crippen LogP contribution in [0.15, 0.2) is 16.1 Å². The molecular weight excluding hydrogens is 228 g/mol. The first-order valence-electron chi connectivity index (χ1n) is 4.65. The maximum Gasteiger partial charge on any atom is 0.350 e. The van der Waals surface area contributed by atoms with Gasteiger partial charge in [-0.15, -0.1) is 11.3 Å². The molecule has 0 bridgehead atoms. The van der Waals surface area contributed by atoms with Crippen molar-refractivity contribution in [2.45, 2.75) is 20.5 Å². The van der Waals surface area contributed by atoms with Crippen molar-refractivity contribution in [2.75, 3.05) is 0 Å². The first kappa shape index (κ1) is 10.8. The van der Waals surface area contributed by atoms with E-state index < -0.39 is 5.97 Å². The van der Waals surface area contributed by atoms with Gasteiger partial charge in [-0.3, -0.25) is 0 Å². The number of ether oxygens (including phenoxy) is 1. The van der Waals surface area contributed by atoms with Gasteiger partial charge in [0.1, 0.15) is 10.6 Å². The number of aromatic nitrogens is 2. The Kier molecular flexibility index (Phi) is 3.00. The lowest BCUT2D eigenvalue weighted by atomic mass is 10.4. The Morgan fingerprint density at radius 3 is 2.88 bits per heavy atom. The summed E-state index contributed by atoms with van der Waals surface area (Å²) in [6, 6.07) is 0. The molecule has 0 unspecified atom stereocenters. The normalized spacial score (nSPS) is 10.4. The summed E-state index contributed by atoms with van der Waals surface area (Å²) in [5, 5.41) is 0. The summed E-state index contributed by atoms with van der Waals surface area (Å²) >= 11 is 1.26. The number of hydrogen-bond donors (Lipinski definition) is 0. The molecule has 2 aromatic heterocycles. The minimum Gasteiger partial charge on any atom is -0.451 e. The second-order valence-corrected chi connectivity index (χ2v) is 4.06. The van der Waals surface area contributed by atoms with Gasteiger partial charge in [-0.2, -0.15) is 0 Å². The first-order chi connectivity index (χ1) is 7.66. The zero-order valence-corrected chi connectivity index (χ0v) is 9.71. The van der Waals surface area contributed by atoms with E-state index in [-0.39, 0.29) is 6.61 Å². The topological polar surface area (TPSA) is 65.2 Å². The van der Waals surface area contributed by atoms with Crippen molar-refractivity contribution in [1.29, 1.82) is 0 Å². The zero-order chi connectivity index (χ0) is 11.5. The standard InChI is InChI=1S/C10H10N2O3S/c1-6-3-11-8(15-6)4-14-10(13)9-7(2)12-5-16-9/h3,5H,4H2,1-2H3. The third kappa shape index (κ3) is 2.27. The monoisotopic (exact) mass is 238 g/mol. The van der Waals surface area contributed by atoms with Crippen LogP contribution in [-0.2, 0) is 11.3 Å². The van der Waals surface area contributed by atoms with E-state index in [9.17, 15) is 4.79 Å². The van der Waals surface area contributed by atoms with Gasteiger partial charge in [0.05, 0.1) is 17.4 Å². The molecule has 0 saturated carbocycles. The summed E-state index contributed by atoms with van der Waals surface area (Å²) in [7, 11) is 0. The van der Waals surface area contributed by atoms with Crippen molar-refractivity contribution in [3.8, 4) is 0 Å². The van der Waals surface area contributed by atoms with Gasteiger partial charge in [-0.05, 0) is 13.8 Å². The fraction of sp³-hybridized carbons (Fsp3) is 0.300. The smallest absolute Gasteiger partial charge is 0.350 e. The molecule has 0 aliphatic rings. The maximum absolute atomic E-state index is 11.6. The number of carbonyl (C=O) groups excluding carboxylic acids is 1. The van der Waals surface area contributed by atoms with E-state index in [0.29, 0.717) is 22.2 Å². The van der Waals surface area contributed by atoms with Crippen LogP contribution >= 0.6 is 11.3 Å². The molecule has 0 N–H and O–H groups in total. The van der Waals surface area contributed by atoms with Crippen LogP contribution in [-0.4, -0.2) is 15.9 Å². The fourth-order valence-electron chi connectivity index (χ4n) is 1.16. The molecule has 0 spiro atoms. The summed E-state index contributed by atoms with van der Waals surface area (Å²) in [6.07, 6.45) is 1.58. The molecule has 16 heavy (non-hydrogen) atoms. The van der Waals surface area contributed by atoms with Crippen LogP contribution < -0.4 is 0 Å². The first-order valence-corrected chi connectivity index (χ1v) is 5.53. The summed E-state index contributed by atoms with van der Waals surface area (Å²) in [5.41, 5.74) is 2.29. The van der Waals surface area contributed by atoms with Crippen LogP contribution in [0.5, 0.6) is 0 Å². The van der Waals surface area contributed by atoms with Gasteiger partial charge in [0, 0.05) is 0 Å². The second kappa shape index (κ2) is 4.44. The molecule has 5 nitrogen and oxygen atoms in total. The van der Waals surface area contributed by atoms with Crippen LogP contribution in [0.1, 0.15) is 27.0 Å². The number of carbonyl (C=O) groups is 1. The average molecular weight is 238 g/mol. The summed E-state index contributed by atoms with van der Waals surface area (Å²) in [6.45, 7) is 3.60. The highest BCUT2D eigenvalue weighted by molar-refractivity contribution is 7.11. The molecule has 0 aromatic carbocycles. The van der Waals surface area contributed by atoms with E-state index in [1.165, 1.54) is 11.3 Å². The average Bonchev–Trinajstić information content (AvgIpc) is 2.84. The highest BCUT2D eigenvalue weighted by atomic mass is 32.1. The van der Waals surface area contributed by atoms with Gasteiger partial charge in [0.2, 0.25) is 5.89 Å². The molecular formula is C10H10N2O3S. The van der Waals surface area contributed by atoms with Gasteiger partial charge in [0.15, 0.2) is 6.61 Å². The van der Waals surface area contributed by atoms with E-state index in [1.54, 1.807) is 25.6 Å². The lowest BCUT2D eigenvalue weighted by Gasteiger charge is -1.99. The molecule has 2 heterocycles. The third-order valence-corrected chi connectivity index (χ3v) is 2.84. The van der Waals surface area contributed by atoms with E-state index in [1.807, 2.05) is 0 Å². The Bertz CT molecular complexity index is 504. The SMILES string of the molecule is Cc1cnc(COC(=O)c2scnc2C)o1. The zero-order valence-electron chi connectivity index (χ0n) is 8.89. The molecule has 2 aromatic rings. The van der Waals surface area contributed by atoms with Crippen molar-refractivity contribution >= 4 is 17.3 Å². The Morgan fingerprint density at radius 1 is 1.50 bits per heavy atom. The van der Waals surface area contributed by atoms with Crippen molar-refractivity contribution < 1.29 is 13.9 Å². The van der Waals surface area contributed by atoms with Crippen molar-refractivity contribution in [2.24, 2.45) is 0 Å². The predicted molar refractivity (Wildman–Crippen MR) is 57.2 cm³/mol. The summed E-state index contributed by atoms with van der Waals surface area (Å²) < 4.78 is 10.2. The van der Waals surface area contributed by atoms with E-state index in [0.717, 1.165) is 0 Å². The number of hydrogen-bond acceptors (Lipinski definition) is 6. The molecule has 84 valence electrons. The number of rotatable bonds is 3. The highest BCUT2D eigenvalue weighted by Gasteiger charge is 2.14.